The molecule has 0 unspecified atom stereocenters. The van der Waals surface area contributed by atoms with Crippen LogP contribution in [0.2, 0.25) is 0 Å². The van der Waals surface area contributed by atoms with Crippen LogP contribution in [0.3, 0.4) is 0 Å². The number of aryl methyl sites for hydroxylation is 1. The first-order chi connectivity index (χ1) is 8.31. The molecule has 84 valence electrons. The van der Waals surface area contributed by atoms with E-state index in [9.17, 15) is 0 Å². The Bertz CT molecular complexity index is 598. The maximum absolute atomic E-state index is 4.38. The van der Waals surface area contributed by atoms with Crippen LogP contribution in [0.25, 0.3) is 11.4 Å². The van der Waals surface area contributed by atoms with E-state index in [2.05, 4.69) is 38.8 Å². The maximum atomic E-state index is 4.38. The second-order valence-electron chi connectivity index (χ2n) is 4.14. The molecule has 0 saturated carbocycles. The summed E-state index contributed by atoms with van der Waals surface area (Å²) < 4.78 is 2.13. The van der Waals surface area contributed by atoms with Crippen molar-refractivity contribution in [3.8, 4) is 11.4 Å². The van der Waals surface area contributed by atoms with Gasteiger partial charge in [-0.1, -0.05) is 30.3 Å². The fraction of sp³-hybridized carbons (Fsp3) is 0.143. The molecule has 0 atom stereocenters. The molecule has 0 radical (unpaired) electrons. The van der Waals surface area contributed by atoms with Crippen molar-refractivity contribution in [2.75, 3.05) is 0 Å². The minimum Gasteiger partial charge on any atom is -0.348 e. The molecule has 0 N–H and O–H groups in total. The van der Waals surface area contributed by atoms with Gasteiger partial charge in [0.15, 0.2) is 0 Å². The molecule has 3 rings (SSSR count). The van der Waals surface area contributed by atoms with E-state index < -0.39 is 0 Å². The molecule has 1 aromatic rings. The van der Waals surface area contributed by atoms with Crippen LogP contribution in [-0.2, 0) is 6.54 Å². The van der Waals surface area contributed by atoms with E-state index >= 15 is 0 Å². The first-order valence-electron chi connectivity index (χ1n) is 5.65. The lowest BCUT2D eigenvalue weighted by atomic mass is 10.2. The Morgan fingerprint density at radius 2 is 1.76 bits per heavy atom. The van der Waals surface area contributed by atoms with Gasteiger partial charge in [0.1, 0.15) is 11.5 Å². The first kappa shape index (κ1) is 10.0. The van der Waals surface area contributed by atoms with E-state index in [1.54, 1.807) is 0 Å². The maximum Gasteiger partial charge on any atom is 0.126 e. The highest BCUT2D eigenvalue weighted by molar-refractivity contribution is 5.54. The third-order valence-corrected chi connectivity index (χ3v) is 2.75. The van der Waals surface area contributed by atoms with Crippen molar-refractivity contribution < 1.29 is 0 Å². The zero-order valence-electron chi connectivity index (χ0n) is 9.67. The van der Waals surface area contributed by atoms with E-state index in [0.717, 1.165) is 23.8 Å². The normalized spacial score (nSPS) is 10.9. The molecule has 0 spiro atoms. The molecular formula is C14H13N3. The highest BCUT2D eigenvalue weighted by atomic mass is 15.0. The zero-order chi connectivity index (χ0) is 11.7. The second-order valence-corrected chi connectivity index (χ2v) is 4.14. The number of hydrogen-bond acceptors (Lipinski definition) is 2. The smallest absolute Gasteiger partial charge is 0.126 e. The van der Waals surface area contributed by atoms with Crippen LogP contribution in [0.4, 0.5) is 0 Å². The Kier molecular flexibility index (Phi) is 2.37. The Balaban J connectivity index is 1.94. The van der Waals surface area contributed by atoms with Gasteiger partial charge in [-0.15, -0.1) is 0 Å². The lowest BCUT2D eigenvalue weighted by molar-refractivity contribution is 0.789. The number of imidazole rings is 1. The molecule has 0 fully saturated rings. The van der Waals surface area contributed by atoms with Crippen molar-refractivity contribution in [3.63, 3.8) is 0 Å². The van der Waals surface area contributed by atoms with Crippen LogP contribution in [0.5, 0.6) is 0 Å². The molecule has 3 heteroatoms. The van der Waals surface area contributed by atoms with Gasteiger partial charge in [-0.2, -0.15) is 0 Å². The van der Waals surface area contributed by atoms with Crippen molar-refractivity contribution >= 4 is 0 Å². The molecule has 0 aliphatic carbocycles. The number of fused-ring (bicyclic) bond motifs is 1. The average Bonchev–Trinajstić information content (AvgIpc) is 2.70. The van der Waals surface area contributed by atoms with Crippen LogP contribution < -0.4 is 0 Å². The summed E-state index contributed by atoms with van der Waals surface area (Å²) in [6.45, 7) is 2.78. The lowest BCUT2D eigenvalue weighted by Gasteiger charge is -2.07. The summed E-state index contributed by atoms with van der Waals surface area (Å²) in [5.41, 5.74) is 3.21. The van der Waals surface area contributed by atoms with Crippen LogP contribution in [0.1, 0.15) is 11.4 Å². The number of aromatic nitrogens is 3. The molecule has 1 aromatic carbocycles. The van der Waals surface area contributed by atoms with Gasteiger partial charge < -0.3 is 4.57 Å². The van der Waals surface area contributed by atoms with Gasteiger partial charge in [0.05, 0.1) is 5.69 Å². The van der Waals surface area contributed by atoms with Gasteiger partial charge in [0, 0.05) is 18.9 Å². The van der Waals surface area contributed by atoms with Gasteiger partial charge in [-0.25, -0.2) is 9.97 Å². The molecule has 0 amide bonds. The van der Waals surface area contributed by atoms with Gasteiger partial charge in [0.2, 0.25) is 0 Å². The Morgan fingerprint density at radius 3 is 2.59 bits per heavy atom. The number of nitrogens with zero attached hydrogens (tertiary/aromatic N) is 3. The van der Waals surface area contributed by atoms with Gasteiger partial charge in [0.25, 0.3) is 0 Å². The minimum atomic E-state index is 0.831. The topological polar surface area (TPSA) is 30.7 Å². The van der Waals surface area contributed by atoms with Crippen LogP contribution in [-0.4, -0.2) is 14.5 Å². The average molecular weight is 223 g/mol. The fourth-order valence-corrected chi connectivity index (χ4v) is 1.96. The van der Waals surface area contributed by atoms with Crippen molar-refractivity contribution in [2.24, 2.45) is 0 Å². The third kappa shape index (κ3) is 2.04. The molecular weight excluding hydrogens is 210 g/mol. The summed E-state index contributed by atoms with van der Waals surface area (Å²) in [7, 11) is 0. The standard InChI is InChI=1S/C14H13N3/c1-11-15-13-7-8-17(10-14(13)16-11)9-12-5-3-2-4-6-12/h2-8,10H,9H2,1H3. The monoisotopic (exact) mass is 223 g/mol. The first-order valence-corrected chi connectivity index (χ1v) is 5.65. The highest BCUT2D eigenvalue weighted by Crippen LogP contribution is 2.17. The molecule has 17 heavy (non-hydrogen) atoms. The van der Waals surface area contributed by atoms with E-state index in [1.165, 1.54) is 5.56 Å². The number of benzene rings is 1. The molecule has 3 nitrogen and oxygen atoms in total. The Hall–Kier alpha value is -2.16. The van der Waals surface area contributed by atoms with Crippen molar-refractivity contribution in [1.29, 1.82) is 0 Å². The van der Waals surface area contributed by atoms with Crippen LogP contribution in [0.15, 0.2) is 48.8 Å². The Labute approximate surface area is 100 Å². The molecule has 2 aliphatic heterocycles. The number of pyridine rings is 1. The van der Waals surface area contributed by atoms with E-state index in [1.807, 2.05) is 31.5 Å². The summed E-state index contributed by atoms with van der Waals surface area (Å²) in [6.07, 6.45) is 4.09. The van der Waals surface area contributed by atoms with Crippen molar-refractivity contribution in [1.82, 2.24) is 14.5 Å². The predicted molar refractivity (Wildman–Crippen MR) is 66.9 cm³/mol. The predicted octanol–water partition coefficient (Wildman–Crippen LogP) is 2.74. The summed E-state index contributed by atoms with van der Waals surface area (Å²) >= 11 is 0. The van der Waals surface area contributed by atoms with Crippen LogP contribution in [0, 0.1) is 6.92 Å². The van der Waals surface area contributed by atoms with E-state index in [0.29, 0.717) is 0 Å². The number of hydrogen-bond donors (Lipinski definition) is 0. The van der Waals surface area contributed by atoms with Gasteiger partial charge in [-0.3, -0.25) is 0 Å². The van der Waals surface area contributed by atoms with E-state index in [4.69, 9.17) is 0 Å². The van der Waals surface area contributed by atoms with Crippen molar-refractivity contribution in [2.45, 2.75) is 13.5 Å². The summed E-state index contributed by atoms with van der Waals surface area (Å²) in [5.74, 6) is 0.831. The minimum absolute atomic E-state index is 0.831. The quantitative estimate of drug-likeness (QED) is 0.668. The second kappa shape index (κ2) is 4.01. The molecule has 2 aliphatic rings. The van der Waals surface area contributed by atoms with Crippen LogP contribution >= 0.6 is 0 Å². The SMILES string of the molecule is Cc1nc2ccn(Cc3ccccc3)cc-2n1. The number of rotatable bonds is 2. The molecule has 0 saturated heterocycles. The van der Waals surface area contributed by atoms with Gasteiger partial charge >= 0.3 is 0 Å². The summed E-state index contributed by atoms with van der Waals surface area (Å²) in [5, 5.41) is 0. The lowest BCUT2D eigenvalue weighted by Crippen LogP contribution is -2.00. The highest BCUT2D eigenvalue weighted by Gasteiger charge is 2.07. The Morgan fingerprint density at radius 1 is 1.00 bits per heavy atom. The zero-order valence-corrected chi connectivity index (χ0v) is 9.67. The molecule has 2 heterocycles. The largest absolute Gasteiger partial charge is 0.348 e. The fourth-order valence-electron chi connectivity index (χ4n) is 1.96. The third-order valence-electron chi connectivity index (χ3n) is 2.75. The molecule has 0 aromatic heterocycles. The summed E-state index contributed by atoms with van der Waals surface area (Å²) in [6, 6.07) is 12.4. The van der Waals surface area contributed by atoms with Crippen molar-refractivity contribution in [3.05, 3.63) is 60.2 Å². The molecule has 0 bridgehead atoms. The summed E-state index contributed by atoms with van der Waals surface area (Å²) in [4.78, 5) is 8.72. The van der Waals surface area contributed by atoms with E-state index in [-0.39, 0.29) is 0 Å². The van der Waals surface area contributed by atoms with Gasteiger partial charge in [-0.05, 0) is 18.6 Å².